The molecule has 2 N–H and O–H groups in total. The highest BCUT2D eigenvalue weighted by Crippen LogP contribution is 2.24. The van der Waals surface area contributed by atoms with Gasteiger partial charge in [-0.1, -0.05) is 19.9 Å². The topological polar surface area (TPSA) is 95.4 Å². The Morgan fingerprint density at radius 3 is 2.77 bits per heavy atom. The summed E-state index contributed by atoms with van der Waals surface area (Å²) in [6.07, 6.45) is 0.877. The number of rotatable bonds is 6. The van der Waals surface area contributed by atoms with Crippen molar-refractivity contribution in [2.45, 2.75) is 40.2 Å². The lowest BCUT2D eigenvalue weighted by molar-refractivity contribution is 0.102. The Balaban J connectivity index is 1.79. The van der Waals surface area contributed by atoms with Crippen molar-refractivity contribution in [1.82, 2.24) is 9.88 Å². The number of aromatic nitrogens is 1. The molecule has 1 aromatic carbocycles. The van der Waals surface area contributed by atoms with Crippen molar-refractivity contribution in [3.05, 3.63) is 58.5 Å². The van der Waals surface area contributed by atoms with Gasteiger partial charge in [0, 0.05) is 13.1 Å². The number of halogens is 1. The monoisotopic (exact) mass is 426 g/mol. The van der Waals surface area contributed by atoms with Gasteiger partial charge in [0.15, 0.2) is 0 Å². The summed E-state index contributed by atoms with van der Waals surface area (Å²) in [5.74, 6) is -0.961. The van der Waals surface area contributed by atoms with Crippen LogP contribution in [-0.4, -0.2) is 40.7 Å². The van der Waals surface area contributed by atoms with E-state index in [1.54, 1.807) is 25.1 Å². The van der Waals surface area contributed by atoms with Crippen LogP contribution in [-0.2, 0) is 17.7 Å². The van der Waals surface area contributed by atoms with Gasteiger partial charge in [0.25, 0.3) is 5.91 Å². The SMILES string of the molecule is CCOC(=O)N1CCc2cc(F)c(C(=O)Nc3cccc(C(=N)C(C)CC)n3)cc2C1. The van der Waals surface area contributed by atoms with Gasteiger partial charge in [-0.15, -0.1) is 0 Å². The maximum absolute atomic E-state index is 14.6. The summed E-state index contributed by atoms with van der Waals surface area (Å²) < 4.78 is 19.7. The predicted octanol–water partition coefficient (Wildman–Crippen LogP) is 4.40. The molecule has 2 amide bonds. The zero-order chi connectivity index (χ0) is 22.5. The quantitative estimate of drug-likeness (QED) is 0.669. The van der Waals surface area contributed by atoms with E-state index in [1.807, 2.05) is 13.8 Å². The first-order chi connectivity index (χ1) is 14.8. The molecule has 8 heteroatoms. The van der Waals surface area contributed by atoms with Crippen molar-refractivity contribution in [1.29, 1.82) is 5.41 Å². The van der Waals surface area contributed by atoms with Gasteiger partial charge in [0.05, 0.1) is 23.6 Å². The Morgan fingerprint density at radius 2 is 2.06 bits per heavy atom. The van der Waals surface area contributed by atoms with Gasteiger partial charge in [-0.3, -0.25) is 4.79 Å². The number of pyridine rings is 1. The molecule has 1 aliphatic heterocycles. The molecule has 0 aliphatic carbocycles. The van der Waals surface area contributed by atoms with Crippen LogP contribution in [0.4, 0.5) is 15.0 Å². The molecule has 0 fully saturated rings. The molecule has 1 atom stereocenters. The van der Waals surface area contributed by atoms with Crippen molar-refractivity contribution >= 4 is 23.5 Å². The van der Waals surface area contributed by atoms with Crippen LogP contribution in [0.5, 0.6) is 0 Å². The maximum atomic E-state index is 14.6. The van der Waals surface area contributed by atoms with E-state index >= 15 is 0 Å². The van der Waals surface area contributed by atoms with Crippen LogP contribution < -0.4 is 5.32 Å². The second-order valence-corrected chi connectivity index (χ2v) is 7.56. The molecule has 3 rings (SSSR count). The summed E-state index contributed by atoms with van der Waals surface area (Å²) in [7, 11) is 0. The van der Waals surface area contributed by atoms with Crippen LogP contribution in [0.3, 0.4) is 0 Å². The number of carbonyl (C=O) groups excluding carboxylic acids is 2. The maximum Gasteiger partial charge on any atom is 0.410 e. The summed E-state index contributed by atoms with van der Waals surface area (Å²) >= 11 is 0. The average Bonchev–Trinajstić information content (AvgIpc) is 2.77. The van der Waals surface area contributed by atoms with E-state index in [-0.39, 0.29) is 30.5 Å². The van der Waals surface area contributed by atoms with E-state index in [0.29, 0.717) is 29.9 Å². The summed E-state index contributed by atoms with van der Waals surface area (Å²) in [5.41, 5.74) is 2.23. The summed E-state index contributed by atoms with van der Waals surface area (Å²) in [6.45, 7) is 6.65. The van der Waals surface area contributed by atoms with Gasteiger partial charge >= 0.3 is 6.09 Å². The van der Waals surface area contributed by atoms with Crippen molar-refractivity contribution in [2.24, 2.45) is 5.92 Å². The van der Waals surface area contributed by atoms with E-state index in [9.17, 15) is 14.0 Å². The first-order valence-electron chi connectivity index (χ1n) is 10.4. The lowest BCUT2D eigenvalue weighted by Crippen LogP contribution is -2.36. The lowest BCUT2D eigenvalue weighted by Gasteiger charge is -2.28. The molecule has 164 valence electrons. The van der Waals surface area contributed by atoms with E-state index in [1.165, 1.54) is 17.0 Å². The van der Waals surface area contributed by atoms with Crippen LogP contribution in [0.15, 0.2) is 30.3 Å². The van der Waals surface area contributed by atoms with Crippen LogP contribution in [0, 0.1) is 17.1 Å². The van der Waals surface area contributed by atoms with E-state index in [4.69, 9.17) is 10.1 Å². The summed E-state index contributed by atoms with van der Waals surface area (Å²) in [5, 5.41) is 10.8. The van der Waals surface area contributed by atoms with Crippen LogP contribution >= 0.6 is 0 Å². The molecular weight excluding hydrogens is 399 g/mol. The fourth-order valence-electron chi connectivity index (χ4n) is 3.42. The Kier molecular flexibility index (Phi) is 6.99. The van der Waals surface area contributed by atoms with E-state index < -0.39 is 17.8 Å². The zero-order valence-electron chi connectivity index (χ0n) is 18.0. The fraction of sp³-hybridized carbons (Fsp3) is 0.391. The van der Waals surface area contributed by atoms with Gasteiger partial charge in [0.2, 0.25) is 0 Å². The minimum absolute atomic E-state index is 0.0406. The fourth-order valence-corrected chi connectivity index (χ4v) is 3.42. The summed E-state index contributed by atoms with van der Waals surface area (Å²) in [6, 6.07) is 7.86. The Hall–Kier alpha value is -3.29. The van der Waals surface area contributed by atoms with Crippen molar-refractivity contribution in [2.75, 3.05) is 18.5 Å². The first-order valence-corrected chi connectivity index (χ1v) is 10.4. The van der Waals surface area contributed by atoms with Gasteiger partial charge in [-0.25, -0.2) is 14.2 Å². The average molecular weight is 426 g/mol. The zero-order valence-corrected chi connectivity index (χ0v) is 18.0. The van der Waals surface area contributed by atoms with Gasteiger partial charge < -0.3 is 20.4 Å². The number of benzene rings is 1. The number of nitrogens with zero attached hydrogens (tertiary/aromatic N) is 2. The summed E-state index contributed by atoms with van der Waals surface area (Å²) in [4.78, 5) is 30.6. The molecule has 2 aromatic rings. The highest BCUT2D eigenvalue weighted by Gasteiger charge is 2.25. The number of amides is 2. The Bertz CT molecular complexity index is 1010. The molecule has 0 saturated carbocycles. The van der Waals surface area contributed by atoms with Crippen LogP contribution in [0.1, 0.15) is 54.4 Å². The van der Waals surface area contributed by atoms with Crippen molar-refractivity contribution < 1.29 is 18.7 Å². The smallest absolute Gasteiger partial charge is 0.410 e. The minimum Gasteiger partial charge on any atom is -0.450 e. The molecular formula is C23H27FN4O3. The number of anilines is 1. The molecule has 1 unspecified atom stereocenters. The minimum atomic E-state index is -0.631. The van der Waals surface area contributed by atoms with E-state index in [0.717, 1.165) is 12.0 Å². The first kappa shape index (κ1) is 22.4. The highest BCUT2D eigenvalue weighted by atomic mass is 19.1. The molecule has 0 spiro atoms. The number of carbonyl (C=O) groups is 2. The molecule has 1 aliphatic rings. The van der Waals surface area contributed by atoms with Crippen LogP contribution in [0.25, 0.3) is 0 Å². The largest absolute Gasteiger partial charge is 0.450 e. The van der Waals surface area contributed by atoms with Crippen molar-refractivity contribution in [3.8, 4) is 0 Å². The van der Waals surface area contributed by atoms with Gasteiger partial charge in [-0.2, -0.15) is 0 Å². The molecule has 31 heavy (non-hydrogen) atoms. The third-order valence-corrected chi connectivity index (χ3v) is 5.44. The molecule has 2 heterocycles. The van der Waals surface area contributed by atoms with E-state index in [2.05, 4.69) is 10.3 Å². The molecule has 1 aromatic heterocycles. The second kappa shape index (κ2) is 9.68. The second-order valence-electron chi connectivity index (χ2n) is 7.56. The predicted molar refractivity (Wildman–Crippen MR) is 116 cm³/mol. The Labute approximate surface area is 181 Å². The molecule has 0 saturated heterocycles. The third kappa shape index (κ3) is 5.07. The molecule has 0 radical (unpaired) electrons. The number of hydrogen-bond acceptors (Lipinski definition) is 5. The normalized spacial score (nSPS) is 13.9. The van der Waals surface area contributed by atoms with Crippen LogP contribution in [0.2, 0.25) is 0 Å². The van der Waals surface area contributed by atoms with Gasteiger partial charge in [-0.05, 0) is 61.1 Å². The van der Waals surface area contributed by atoms with Crippen molar-refractivity contribution in [3.63, 3.8) is 0 Å². The molecule has 7 nitrogen and oxygen atoms in total. The third-order valence-electron chi connectivity index (χ3n) is 5.44. The number of fused-ring (bicyclic) bond motifs is 1. The standard InChI is InChI=1S/C23H27FN4O3/c1-4-14(3)21(25)19-7-6-8-20(26-19)27-22(29)17-11-16-13-28(23(30)31-5-2)10-9-15(16)12-18(17)24/h6-8,11-12,14,25H,4-5,9-10,13H2,1-3H3,(H,26,27,29). The number of nitrogens with one attached hydrogen (secondary N) is 2. The highest BCUT2D eigenvalue weighted by molar-refractivity contribution is 6.04. The van der Waals surface area contributed by atoms with Gasteiger partial charge in [0.1, 0.15) is 11.6 Å². The number of hydrogen-bond donors (Lipinski definition) is 2. The number of ether oxygens (including phenoxy) is 1. The lowest BCUT2D eigenvalue weighted by atomic mass is 9.96. The Morgan fingerprint density at radius 1 is 1.29 bits per heavy atom. The molecule has 0 bridgehead atoms.